The first-order valence-corrected chi connectivity index (χ1v) is 13.5. The Kier molecular flexibility index (Phi) is 14.4. The maximum Gasteiger partial charge on any atom is 0.159 e. The van der Waals surface area contributed by atoms with Crippen molar-refractivity contribution in [2.75, 3.05) is 6.61 Å². The summed E-state index contributed by atoms with van der Waals surface area (Å²) in [5, 5.41) is 0. The number of benzene rings is 1. The molecule has 0 aliphatic rings. The molecule has 0 spiro atoms. The largest absolute Gasteiger partial charge is 0.490 e. The fourth-order valence-corrected chi connectivity index (χ4v) is 4.06. The SMILES string of the molecule is CCCCCCCCCCc1ccc(-c2ncc(OCCC(F)C(F)CCCCC)cn2)cc1. The summed E-state index contributed by atoms with van der Waals surface area (Å²) in [7, 11) is 0. The number of halogens is 2. The summed E-state index contributed by atoms with van der Waals surface area (Å²) >= 11 is 0. The van der Waals surface area contributed by atoms with E-state index in [1.54, 1.807) is 12.4 Å². The summed E-state index contributed by atoms with van der Waals surface area (Å²) in [5.41, 5.74) is 2.30. The van der Waals surface area contributed by atoms with E-state index in [-0.39, 0.29) is 19.4 Å². The van der Waals surface area contributed by atoms with E-state index in [1.165, 1.54) is 56.9 Å². The molecule has 0 fully saturated rings. The van der Waals surface area contributed by atoms with Crippen LogP contribution in [0.4, 0.5) is 8.78 Å². The smallest absolute Gasteiger partial charge is 0.159 e. The van der Waals surface area contributed by atoms with Crippen molar-refractivity contribution in [1.29, 1.82) is 0 Å². The lowest BCUT2D eigenvalue weighted by Gasteiger charge is -2.14. The van der Waals surface area contributed by atoms with Crippen molar-refractivity contribution in [3.63, 3.8) is 0 Å². The Morgan fingerprint density at radius 1 is 0.706 bits per heavy atom. The summed E-state index contributed by atoms with van der Waals surface area (Å²) in [6.07, 6.45) is 15.1. The first-order valence-electron chi connectivity index (χ1n) is 13.5. The number of unbranched alkanes of at least 4 members (excludes halogenated alkanes) is 9. The zero-order chi connectivity index (χ0) is 24.4. The fourth-order valence-electron chi connectivity index (χ4n) is 4.06. The highest BCUT2D eigenvalue weighted by Crippen LogP contribution is 2.20. The number of nitrogens with zero attached hydrogens (tertiary/aromatic N) is 2. The van der Waals surface area contributed by atoms with Crippen molar-refractivity contribution >= 4 is 0 Å². The number of ether oxygens (including phenoxy) is 1. The standard InChI is InChI=1S/C29H44F2N2O/c1-3-5-7-8-9-10-11-13-14-24-16-18-25(19-17-24)29-32-22-26(23-33-29)34-21-20-28(31)27(30)15-12-6-4-2/h16-19,22-23,27-28H,3-15,20-21H2,1-2H3. The molecule has 2 aromatic rings. The van der Waals surface area contributed by atoms with Crippen LogP contribution >= 0.6 is 0 Å². The molecule has 0 N–H and O–H groups in total. The van der Waals surface area contributed by atoms with Crippen LogP contribution in [0.3, 0.4) is 0 Å². The average molecular weight is 475 g/mol. The average Bonchev–Trinajstić information content (AvgIpc) is 2.86. The topological polar surface area (TPSA) is 35.0 Å². The second-order valence-corrected chi connectivity index (χ2v) is 9.33. The molecule has 0 saturated carbocycles. The first kappa shape index (κ1) is 28.2. The molecule has 0 aliphatic carbocycles. The molecule has 0 aliphatic heterocycles. The van der Waals surface area contributed by atoms with Crippen molar-refractivity contribution in [3.05, 3.63) is 42.2 Å². The number of rotatable bonds is 19. The van der Waals surface area contributed by atoms with Crippen molar-refractivity contribution in [3.8, 4) is 17.1 Å². The Hall–Kier alpha value is -2.04. The predicted molar refractivity (Wildman–Crippen MR) is 138 cm³/mol. The molecular weight excluding hydrogens is 430 g/mol. The highest BCUT2D eigenvalue weighted by Gasteiger charge is 2.19. The van der Waals surface area contributed by atoms with E-state index in [1.807, 2.05) is 0 Å². The Morgan fingerprint density at radius 2 is 1.26 bits per heavy atom. The highest BCUT2D eigenvalue weighted by atomic mass is 19.2. The number of alkyl halides is 2. The van der Waals surface area contributed by atoms with Gasteiger partial charge in [0.2, 0.25) is 0 Å². The molecule has 0 saturated heterocycles. The summed E-state index contributed by atoms with van der Waals surface area (Å²) in [4.78, 5) is 8.75. The zero-order valence-corrected chi connectivity index (χ0v) is 21.3. The summed E-state index contributed by atoms with van der Waals surface area (Å²) in [6.45, 7) is 4.42. The van der Waals surface area contributed by atoms with Crippen LogP contribution in [0.2, 0.25) is 0 Å². The number of aromatic nitrogens is 2. The highest BCUT2D eigenvalue weighted by molar-refractivity contribution is 5.55. The third-order valence-corrected chi connectivity index (χ3v) is 6.30. The summed E-state index contributed by atoms with van der Waals surface area (Å²) in [6, 6.07) is 8.42. The van der Waals surface area contributed by atoms with E-state index >= 15 is 0 Å². The Balaban J connectivity index is 1.67. The summed E-state index contributed by atoms with van der Waals surface area (Å²) < 4.78 is 33.3. The lowest BCUT2D eigenvalue weighted by molar-refractivity contribution is 0.127. The second-order valence-electron chi connectivity index (χ2n) is 9.33. The molecular formula is C29H44F2N2O. The van der Waals surface area contributed by atoms with Crippen LogP contribution < -0.4 is 4.74 Å². The lowest BCUT2D eigenvalue weighted by Crippen LogP contribution is -2.20. The fraction of sp³-hybridized carbons (Fsp3) is 0.655. The van der Waals surface area contributed by atoms with Gasteiger partial charge in [0.05, 0.1) is 19.0 Å². The van der Waals surface area contributed by atoms with E-state index in [2.05, 4.69) is 48.1 Å². The Morgan fingerprint density at radius 3 is 1.91 bits per heavy atom. The molecule has 1 heterocycles. The Bertz CT molecular complexity index is 752. The van der Waals surface area contributed by atoms with E-state index in [0.29, 0.717) is 11.6 Å². The van der Waals surface area contributed by atoms with Crippen molar-refractivity contribution in [1.82, 2.24) is 9.97 Å². The molecule has 1 aromatic heterocycles. The molecule has 0 bridgehead atoms. The number of aryl methyl sites for hydroxylation is 1. The minimum absolute atomic E-state index is 0.0371. The van der Waals surface area contributed by atoms with Gasteiger partial charge in [0, 0.05) is 12.0 Å². The van der Waals surface area contributed by atoms with E-state index in [4.69, 9.17) is 4.74 Å². The second kappa shape index (κ2) is 17.4. The molecule has 34 heavy (non-hydrogen) atoms. The third kappa shape index (κ3) is 11.4. The molecule has 0 radical (unpaired) electrons. The van der Waals surface area contributed by atoms with Gasteiger partial charge in [-0.25, -0.2) is 18.7 Å². The number of hydrogen-bond donors (Lipinski definition) is 0. The normalized spacial score (nSPS) is 13.1. The molecule has 2 unspecified atom stereocenters. The molecule has 2 rings (SSSR count). The van der Waals surface area contributed by atoms with Crippen LogP contribution in [0.25, 0.3) is 11.4 Å². The lowest BCUT2D eigenvalue weighted by atomic mass is 10.0. The van der Waals surface area contributed by atoms with Crippen molar-refractivity contribution in [2.45, 2.75) is 116 Å². The maximum absolute atomic E-state index is 13.9. The van der Waals surface area contributed by atoms with Crippen molar-refractivity contribution in [2.24, 2.45) is 0 Å². The monoisotopic (exact) mass is 474 g/mol. The van der Waals surface area contributed by atoms with Crippen molar-refractivity contribution < 1.29 is 13.5 Å². The molecule has 190 valence electrons. The van der Waals surface area contributed by atoms with Gasteiger partial charge >= 0.3 is 0 Å². The third-order valence-electron chi connectivity index (χ3n) is 6.30. The molecule has 0 amide bonds. The van der Waals surface area contributed by atoms with Gasteiger partial charge in [0.15, 0.2) is 11.6 Å². The van der Waals surface area contributed by atoms with Gasteiger partial charge < -0.3 is 4.74 Å². The molecule has 2 atom stereocenters. The van der Waals surface area contributed by atoms with Crippen LogP contribution in [0, 0.1) is 0 Å². The van der Waals surface area contributed by atoms with Gasteiger partial charge in [-0.05, 0) is 24.8 Å². The maximum atomic E-state index is 13.9. The van der Waals surface area contributed by atoms with Crippen LogP contribution in [0.5, 0.6) is 5.75 Å². The molecule has 5 heteroatoms. The van der Waals surface area contributed by atoms with Gasteiger partial charge in [-0.2, -0.15) is 0 Å². The van der Waals surface area contributed by atoms with Crippen LogP contribution in [0.15, 0.2) is 36.7 Å². The molecule has 1 aromatic carbocycles. The minimum atomic E-state index is -1.48. The first-order chi connectivity index (χ1) is 16.6. The van der Waals surface area contributed by atoms with E-state index in [9.17, 15) is 8.78 Å². The van der Waals surface area contributed by atoms with Gasteiger partial charge in [0.1, 0.15) is 12.3 Å². The quantitative estimate of drug-likeness (QED) is 0.191. The van der Waals surface area contributed by atoms with Crippen LogP contribution in [-0.4, -0.2) is 28.9 Å². The zero-order valence-electron chi connectivity index (χ0n) is 21.3. The number of hydrogen-bond acceptors (Lipinski definition) is 3. The molecule has 3 nitrogen and oxygen atoms in total. The van der Waals surface area contributed by atoms with E-state index in [0.717, 1.165) is 31.2 Å². The predicted octanol–water partition coefficient (Wildman–Crippen LogP) is 8.85. The summed E-state index contributed by atoms with van der Waals surface area (Å²) in [5.74, 6) is 1.11. The van der Waals surface area contributed by atoms with Gasteiger partial charge in [-0.15, -0.1) is 0 Å². The van der Waals surface area contributed by atoms with Gasteiger partial charge in [0.25, 0.3) is 0 Å². The minimum Gasteiger partial charge on any atom is -0.490 e. The van der Waals surface area contributed by atoms with E-state index < -0.39 is 12.3 Å². The Labute approximate surface area is 205 Å². The van der Waals surface area contributed by atoms with Gasteiger partial charge in [-0.3, -0.25) is 0 Å². The van der Waals surface area contributed by atoms with Crippen LogP contribution in [-0.2, 0) is 6.42 Å². The van der Waals surface area contributed by atoms with Gasteiger partial charge in [-0.1, -0.05) is 102 Å². The van der Waals surface area contributed by atoms with Crippen LogP contribution in [0.1, 0.15) is 103 Å².